The van der Waals surface area contributed by atoms with Gasteiger partial charge in [-0.3, -0.25) is 19.3 Å². The summed E-state index contributed by atoms with van der Waals surface area (Å²) >= 11 is 0. The molecule has 9 rings (SSSR count). The Labute approximate surface area is 396 Å². The molecule has 4 aliphatic rings. The number of hydrogen-bond donors (Lipinski definition) is 1. The highest BCUT2D eigenvalue weighted by Crippen LogP contribution is 2.67. The van der Waals surface area contributed by atoms with Crippen LogP contribution in [-0.2, 0) is 34.0 Å². The third-order valence-electron chi connectivity index (χ3n) is 13.6. The van der Waals surface area contributed by atoms with E-state index in [4.69, 9.17) is 23.7 Å². The second-order valence-corrected chi connectivity index (χ2v) is 17.4. The van der Waals surface area contributed by atoms with Gasteiger partial charge in [-0.1, -0.05) is 110 Å². The first kappa shape index (κ1) is 46.1. The van der Waals surface area contributed by atoms with E-state index in [1.807, 2.05) is 102 Å². The Morgan fingerprint density at radius 2 is 1.38 bits per heavy atom. The molecule has 6 atom stereocenters. The van der Waals surface area contributed by atoms with Crippen molar-refractivity contribution in [2.24, 2.45) is 5.92 Å². The summed E-state index contributed by atoms with van der Waals surface area (Å²) in [6.07, 6.45) is 2.49. The number of anilines is 1. The molecule has 68 heavy (non-hydrogen) atoms. The quantitative estimate of drug-likeness (QED) is 0.0791. The topological polar surface area (TPSA) is 144 Å². The highest BCUT2D eigenvalue weighted by molar-refractivity contribution is 6.23. The molecule has 0 unspecified atom stereocenters. The third kappa shape index (κ3) is 8.49. The number of aliphatic hydroxyl groups excluding tert-OH is 1. The lowest BCUT2D eigenvalue weighted by Gasteiger charge is -2.46. The van der Waals surface area contributed by atoms with Gasteiger partial charge in [0.15, 0.2) is 0 Å². The Kier molecular flexibility index (Phi) is 13.9. The van der Waals surface area contributed by atoms with Crippen molar-refractivity contribution in [2.75, 3.05) is 58.6 Å². The molecular formula is C55H55N3O10. The minimum absolute atomic E-state index is 0.0707. The molecule has 13 heteroatoms. The number of amides is 3. The molecule has 3 saturated heterocycles. The third-order valence-corrected chi connectivity index (χ3v) is 13.6. The predicted octanol–water partition coefficient (Wildman–Crippen LogP) is 7.71. The first-order chi connectivity index (χ1) is 33.3. The van der Waals surface area contributed by atoms with E-state index < -0.39 is 59.4 Å². The van der Waals surface area contributed by atoms with Crippen molar-refractivity contribution >= 4 is 29.6 Å². The van der Waals surface area contributed by atoms with Crippen molar-refractivity contribution in [1.29, 1.82) is 0 Å². The van der Waals surface area contributed by atoms with Gasteiger partial charge in [-0.25, -0.2) is 9.69 Å². The van der Waals surface area contributed by atoms with E-state index in [0.29, 0.717) is 52.4 Å². The molecule has 1 N–H and O–H groups in total. The van der Waals surface area contributed by atoms with Crippen LogP contribution in [0.15, 0.2) is 127 Å². The van der Waals surface area contributed by atoms with Crippen LogP contribution in [0.5, 0.6) is 11.5 Å². The molecule has 0 bridgehead atoms. The molecule has 350 valence electrons. The van der Waals surface area contributed by atoms with Gasteiger partial charge in [-0.2, -0.15) is 0 Å². The van der Waals surface area contributed by atoms with E-state index >= 15 is 14.4 Å². The maximum Gasteiger partial charge on any atom is 0.421 e. The summed E-state index contributed by atoms with van der Waals surface area (Å²) in [5.74, 6) is 4.25. The van der Waals surface area contributed by atoms with Gasteiger partial charge in [-0.15, -0.1) is 0 Å². The number of imide groups is 1. The van der Waals surface area contributed by atoms with E-state index in [1.165, 1.54) is 7.11 Å². The summed E-state index contributed by atoms with van der Waals surface area (Å²) in [6.45, 7) is 0.364. The Morgan fingerprint density at radius 3 is 2.07 bits per heavy atom. The van der Waals surface area contributed by atoms with Crippen molar-refractivity contribution in [3.8, 4) is 23.3 Å². The van der Waals surface area contributed by atoms with E-state index in [2.05, 4.69) is 11.8 Å². The van der Waals surface area contributed by atoms with Crippen molar-refractivity contribution in [3.05, 3.63) is 161 Å². The molecule has 0 radical (unpaired) electrons. The first-order valence-electron chi connectivity index (χ1n) is 23.3. The van der Waals surface area contributed by atoms with Crippen molar-refractivity contribution < 1.29 is 48.0 Å². The number of para-hydroxylation sites is 1. The monoisotopic (exact) mass is 917 g/mol. The molecule has 3 amide bonds. The molecule has 4 heterocycles. The molecule has 5 aromatic carbocycles. The number of cyclic esters (lactones) is 1. The van der Waals surface area contributed by atoms with Crippen LogP contribution in [0.2, 0.25) is 0 Å². The average molecular weight is 918 g/mol. The molecular weight excluding hydrogens is 863 g/mol. The number of nitrogens with zero attached hydrogens (tertiary/aromatic N) is 3. The van der Waals surface area contributed by atoms with Gasteiger partial charge in [0.1, 0.15) is 42.3 Å². The van der Waals surface area contributed by atoms with Crippen LogP contribution in [0, 0.1) is 17.8 Å². The summed E-state index contributed by atoms with van der Waals surface area (Å²) in [5.41, 5.74) is 1.66. The Bertz CT molecular complexity index is 2680. The molecule has 0 aliphatic carbocycles. The van der Waals surface area contributed by atoms with E-state index in [9.17, 15) is 9.90 Å². The predicted molar refractivity (Wildman–Crippen MR) is 253 cm³/mol. The molecule has 5 aromatic rings. The van der Waals surface area contributed by atoms with E-state index in [-0.39, 0.29) is 32.1 Å². The zero-order valence-corrected chi connectivity index (χ0v) is 38.3. The molecule has 13 nitrogen and oxygen atoms in total. The maximum absolute atomic E-state index is 16.6. The molecule has 4 aliphatic heterocycles. The number of hydrogen-bond acceptors (Lipinski definition) is 11. The zero-order valence-electron chi connectivity index (χ0n) is 38.3. The van der Waals surface area contributed by atoms with Gasteiger partial charge in [0.05, 0.1) is 44.0 Å². The Balaban J connectivity index is 1.37. The van der Waals surface area contributed by atoms with Gasteiger partial charge in [0.25, 0.3) is 0 Å². The van der Waals surface area contributed by atoms with Crippen molar-refractivity contribution in [2.45, 2.75) is 61.7 Å². The fourth-order valence-electron chi connectivity index (χ4n) is 10.7. The van der Waals surface area contributed by atoms with Crippen LogP contribution in [0.3, 0.4) is 0 Å². The lowest BCUT2D eigenvalue weighted by atomic mass is 9.64. The van der Waals surface area contributed by atoms with Crippen molar-refractivity contribution in [3.63, 3.8) is 0 Å². The van der Waals surface area contributed by atoms with E-state index in [1.54, 1.807) is 42.3 Å². The van der Waals surface area contributed by atoms with Crippen molar-refractivity contribution in [1.82, 2.24) is 9.80 Å². The van der Waals surface area contributed by atoms with Crippen LogP contribution in [0.1, 0.15) is 83.7 Å². The van der Waals surface area contributed by atoms with E-state index in [0.717, 1.165) is 42.6 Å². The molecule has 0 saturated carbocycles. The number of morpholine rings is 1. The Morgan fingerprint density at radius 1 is 0.735 bits per heavy atom. The molecule has 1 spiro atoms. The number of carbonyl (C=O) groups is 4. The lowest BCUT2D eigenvalue weighted by molar-refractivity contribution is -0.179. The smallest absolute Gasteiger partial charge is 0.421 e. The number of esters is 1. The molecule has 3 fully saturated rings. The van der Waals surface area contributed by atoms with Gasteiger partial charge in [0, 0.05) is 36.9 Å². The summed E-state index contributed by atoms with van der Waals surface area (Å²) in [4.78, 5) is 67.8. The van der Waals surface area contributed by atoms with Gasteiger partial charge in [0.2, 0.25) is 11.8 Å². The van der Waals surface area contributed by atoms with Crippen LogP contribution in [0.25, 0.3) is 0 Å². The molecule has 0 aromatic heterocycles. The standard InChI is InChI=1S/C55H55N3O10/c1-64-34-35-67-54(63)57-44-29-26-38(23-22-37-24-27-41(65-2)28-25-37)36-43(44)55(53(57)62)46(51(60)56-30-14-4-3-5-15-31-56)48-52(61)68-49(40-18-10-7-11-19-40)47(39-16-8-6-9-17-39)58(48)50(55)42-20-12-13-21-45(42)66-33-32-59/h6-13,16-21,24-29,36,46-50,59H,3-5,14-15,30-35H2,1-2H3/t46-,47-,48-,49+,50+,55-/m0/s1. The van der Waals surface area contributed by atoms with Gasteiger partial charge >= 0.3 is 12.1 Å². The second kappa shape index (κ2) is 20.5. The number of fused-ring (bicyclic) bond motifs is 3. The van der Waals surface area contributed by atoms with Crippen LogP contribution >= 0.6 is 0 Å². The summed E-state index contributed by atoms with van der Waals surface area (Å²) in [6, 6.07) is 35.4. The maximum atomic E-state index is 16.6. The average Bonchev–Trinajstić information content (AvgIpc) is 3.81. The number of benzene rings is 5. The first-order valence-corrected chi connectivity index (χ1v) is 23.3. The summed E-state index contributed by atoms with van der Waals surface area (Å²) in [5, 5.41) is 10.1. The second-order valence-electron chi connectivity index (χ2n) is 17.4. The SMILES string of the molecule is COCCOC(=O)N1C(=O)[C@@]2(c3cc(C#Cc4ccc(OC)cc4)ccc31)[C@H](C(=O)N1CCCCCCC1)[C@H]1C(=O)O[C@H](c3ccccc3)[C@H](c3ccccc3)N1[C@@H]2c1ccccc1OCCO. The fraction of sp³-hybridized carbons (Fsp3) is 0.345. The number of carbonyl (C=O) groups excluding carboxylic acids is 4. The number of methoxy groups -OCH3 is 2. The lowest BCUT2D eigenvalue weighted by Crippen LogP contribution is -2.56. The zero-order chi connectivity index (χ0) is 47.2. The number of ether oxygens (including phenoxy) is 5. The van der Waals surface area contributed by atoms with Gasteiger partial charge < -0.3 is 33.7 Å². The highest BCUT2D eigenvalue weighted by Gasteiger charge is 2.76. The van der Waals surface area contributed by atoms with Crippen LogP contribution in [0.4, 0.5) is 10.5 Å². The number of likely N-dealkylation sites (tertiary alicyclic amines) is 1. The normalized spacial score (nSPS) is 23.4. The van der Waals surface area contributed by atoms with Crippen LogP contribution in [-0.4, -0.2) is 98.6 Å². The summed E-state index contributed by atoms with van der Waals surface area (Å²) in [7, 11) is 3.07. The largest absolute Gasteiger partial charge is 0.497 e. The summed E-state index contributed by atoms with van der Waals surface area (Å²) < 4.78 is 29.4. The Hall–Kier alpha value is -6.98. The fourth-order valence-corrected chi connectivity index (χ4v) is 10.7. The highest BCUT2D eigenvalue weighted by atomic mass is 16.6. The number of aliphatic hydroxyl groups is 1. The minimum atomic E-state index is -2.02. The van der Waals surface area contributed by atoms with Crippen LogP contribution < -0.4 is 14.4 Å². The minimum Gasteiger partial charge on any atom is -0.497 e. The number of rotatable bonds is 11. The van der Waals surface area contributed by atoms with Gasteiger partial charge in [-0.05, 0) is 78.1 Å².